The second-order valence-corrected chi connectivity index (χ2v) is 3.46. The van der Waals surface area contributed by atoms with E-state index in [0.29, 0.717) is 19.3 Å². The summed E-state index contributed by atoms with van der Waals surface area (Å²) in [6.07, 6.45) is 0.693. The van der Waals surface area contributed by atoms with E-state index in [4.69, 9.17) is 5.11 Å². The van der Waals surface area contributed by atoms with E-state index in [1.807, 2.05) is 0 Å². The van der Waals surface area contributed by atoms with E-state index in [1.54, 1.807) is 6.92 Å². The van der Waals surface area contributed by atoms with Crippen LogP contribution in [-0.2, 0) is 14.4 Å². The van der Waals surface area contributed by atoms with Gasteiger partial charge in [0.05, 0.1) is 0 Å². The van der Waals surface area contributed by atoms with E-state index in [-0.39, 0.29) is 18.2 Å². The molecule has 0 aromatic rings. The molecule has 0 spiro atoms. The Morgan fingerprint density at radius 3 is 2.31 bits per heavy atom. The summed E-state index contributed by atoms with van der Waals surface area (Å²) in [4.78, 5) is 32.3. The van der Waals surface area contributed by atoms with Gasteiger partial charge in [0, 0.05) is 19.8 Å². The highest BCUT2D eigenvalue weighted by Gasteiger charge is 2.12. The maximum atomic E-state index is 11.1. The monoisotopic (exact) mass is 230 g/mol. The van der Waals surface area contributed by atoms with E-state index >= 15 is 0 Å². The number of carboxylic acids is 1. The van der Waals surface area contributed by atoms with Crippen LogP contribution in [0.2, 0.25) is 0 Å². The van der Waals surface area contributed by atoms with Gasteiger partial charge in [-0.15, -0.1) is 0 Å². The molecular formula is C10H18N2O4. The van der Waals surface area contributed by atoms with Gasteiger partial charge in [-0.2, -0.15) is 0 Å². The normalized spacial score (nSPS) is 11.6. The van der Waals surface area contributed by atoms with Crippen LogP contribution in [0.1, 0.15) is 39.5 Å². The molecule has 92 valence electrons. The number of carbonyl (C=O) groups is 3. The van der Waals surface area contributed by atoms with Crippen molar-refractivity contribution in [2.75, 3.05) is 0 Å². The molecule has 0 aromatic heterocycles. The first kappa shape index (κ1) is 14.4. The van der Waals surface area contributed by atoms with Gasteiger partial charge in [0.15, 0.2) is 0 Å². The van der Waals surface area contributed by atoms with Gasteiger partial charge in [-0.1, -0.05) is 6.92 Å². The van der Waals surface area contributed by atoms with Crippen LogP contribution in [0.3, 0.4) is 0 Å². The summed E-state index contributed by atoms with van der Waals surface area (Å²) in [7, 11) is 0. The van der Waals surface area contributed by atoms with Crippen molar-refractivity contribution in [1.82, 2.24) is 10.6 Å². The van der Waals surface area contributed by atoms with Crippen molar-refractivity contribution in [1.29, 1.82) is 0 Å². The molecule has 0 saturated carbocycles. The first-order chi connectivity index (χ1) is 7.45. The van der Waals surface area contributed by atoms with Crippen LogP contribution in [-0.4, -0.2) is 29.1 Å². The van der Waals surface area contributed by atoms with Gasteiger partial charge in [-0.05, 0) is 12.8 Å². The van der Waals surface area contributed by atoms with Crippen molar-refractivity contribution >= 4 is 17.8 Å². The molecule has 0 aliphatic heterocycles. The average Bonchev–Trinajstić information content (AvgIpc) is 2.15. The third-order valence-corrected chi connectivity index (χ3v) is 1.92. The first-order valence-electron chi connectivity index (χ1n) is 5.24. The second kappa shape index (κ2) is 7.67. The number of hydrogen-bond acceptors (Lipinski definition) is 3. The second-order valence-electron chi connectivity index (χ2n) is 3.46. The Labute approximate surface area is 94.4 Å². The Balaban J connectivity index is 4.04. The number of hydrogen-bond donors (Lipinski definition) is 3. The molecule has 1 atom stereocenters. The van der Waals surface area contributed by atoms with Crippen molar-refractivity contribution < 1.29 is 19.5 Å². The molecule has 16 heavy (non-hydrogen) atoms. The molecule has 0 aliphatic carbocycles. The molecule has 0 radical (unpaired) electrons. The molecule has 3 N–H and O–H groups in total. The van der Waals surface area contributed by atoms with E-state index in [1.165, 1.54) is 6.92 Å². The van der Waals surface area contributed by atoms with Gasteiger partial charge < -0.3 is 15.7 Å². The average molecular weight is 230 g/mol. The lowest BCUT2D eigenvalue weighted by molar-refractivity contribution is -0.137. The van der Waals surface area contributed by atoms with Gasteiger partial charge in [0.1, 0.15) is 6.17 Å². The quantitative estimate of drug-likeness (QED) is 0.545. The van der Waals surface area contributed by atoms with Crippen molar-refractivity contribution in [2.45, 2.75) is 45.7 Å². The summed E-state index contributed by atoms with van der Waals surface area (Å²) in [6.45, 7) is 3.06. The van der Waals surface area contributed by atoms with Gasteiger partial charge in [-0.25, -0.2) is 0 Å². The maximum Gasteiger partial charge on any atom is 0.303 e. The fraction of sp³-hybridized carbons (Fsp3) is 0.700. The lowest BCUT2D eigenvalue weighted by Gasteiger charge is -2.18. The van der Waals surface area contributed by atoms with E-state index < -0.39 is 12.1 Å². The minimum absolute atomic E-state index is 0.0259. The van der Waals surface area contributed by atoms with Crippen LogP contribution in [0, 0.1) is 0 Å². The minimum Gasteiger partial charge on any atom is -0.481 e. The summed E-state index contributed by atoms with van der Waals surface area (Å²) < 4.78 is 0. The van der Waals surface area contributed by atoms with Crippen LogP contribution in [0.5, 0.6) is 0 Å². The molecule has 2 amide bonds. The largest absolute Gasteiger partial charge is 0.481 e. The molecule has 6 nitrogen and oxygen atoms in total. The van der Waals surface area contributed by atoms with Crippen molar-refractivity contribution in [3.05, 3.63) is 0 Å². The smallest absolute Gasteiger partial charge is 0.303 e. The van der Waals surface area contributed by atoms with E-state index in [9.17, 15) is 14.4 Å². The third kappa shape index (κ3) is 7.78. The predicted molar refractivity (Wildman–Crippen MR) is 57.5 cm³/mol. The Morgan fingerprint density at radius 1 is 1.25 bits per heavy atom. The molecule has 6 heteroatoms. The zero-order valence-electron chi connectivity index (χ0n) is 9.58. The summed E-state index contributed by atoms with van der Waals surface area (Å²) in [5, 5.41) is 13.6. The number of amides is 2. The molecule has 0 bridgehead atoms. The Morgan fingerprint density at radius 2 is 1.88 bits per heavy atom. The van der Waals surface area contributed by atoms with Crippen LogP contribution >= 0.6 is 0 Å². The summed E-state index contributed by atoms with van der Waals surface area (Å²) in [6, 6.07) is 0. The van der Waals surface area contributed by atoms with E-state index in [0.717, 1.165) is 0 Å². The zero-order chi connectivity index (χ0) is 12.6. The lowest BCUT2D eigenvalue weighted by Crippen LogP contribution is -2.47. The molecule has 1 unspecified atom stereocenters. The number of carbonyl (C=O) groups excluding carboxylic acids is 2. The van der Waals surface area contributed by atoms with Gasteiger partial charge in [-0.3, -0.25) is 14.4 Å². The third-order valence-electron chi connectivity index (χ3n) is 1.92. The number of aliphatic carboxylic acids is 1. The highest BCUT2D eigenvalue weighted by atomic mass is 16.4. The minimum atomic E-state index is -0.886. The summed E-state index contributed by atoms with van der Waals surface area (Å²) in [5.74, 6) is -1.31. The van der Waals surface area contributed by atoms with Crippen LogP contribution in [0.4, 0.5) is 0 Å². The highest BCUT2D eigenvalue weighted by molar-refractivity contribution is 5.77. The Hall–Kier alpha value is -1.59. The van der Waals surface area contributed by atoms with Crippen molar-refractivity contribution in [2.24, 2.45) is 0 Å². The molecule has 0 aromatic carbocycles. The topological polar surface area (TPSA) is 95.5 Å². The number of rotatable bonds is 7. The number of carboxylic acid groups (broad SMARTS) is 1. The zero-order valence-corrected chi connectivity index (χ0v) is 9.58. The molecule has 0 rings (SSSR count). The van der Waals surface area contributed by atoms with Gasteiger partial charge >= 0.3 is 5.97 Å². The summed E-state index contributed by atoms with van der Waals surface area (Å²) in [5.41, 5.74) is 0. The van der Waals surface area contributed by atoms with Crippen LogP contribution in [0.15, 0.2) is 0 Å². The standard InChI is InChI=1S/C10H18N2O4/c1-3-9(14)12-8(11-7(2)13)5-4-6-10(15)16/h8H,3-6H2,1-2H3,(H,11,13)(H,12,14)(H,15,16). The molecule has 0 aliphatic rings. The van der Waals surface area contributed by atoms with Crippen LogP contribution in [0.25, 0.3) is 0 Å². The predicted octanol–water partition coefficient (Wildman–Crippen LogP) is 0.230. The molecule has 0 saturated heterocycles. The highest BCUT2D eigenvalue weighted by Crippen LogP contribution is 1.99. The Bertz CT molecular complexity index is 266. The fourth-order valence-electron chi connectivity index (χ4n) is 1.18. The van der Waals surface area contributed by atoms with Crippen LogP contribution < -0.4 is 10.6 Å². The van der Waals surface area contributed by atoms with Gasteiger partial charge in [0.2, 0.25) is 11.8 Å². The fourth-order valence-corrected chi connectivity index (χ4v) is 1.18. The van der Waals surface area contributed by atoms with Gasteiger partial charge in [0.25, 0.3) is 0 Å². The van der Waals surface area contributed by atoms with E-state index in [2.05, 4.69) is 10.6 Å². The first-order valence-corrected chi connectivity index (χ1v) is 5.24. The molecule has 0 fully saturated rings. The maximum absolute atomic E-state index is 11.1. The lowest BCUT2D eigenvalue weighted by atomic mass is 10.2. The Kier molecular flexibility index (Phi) is 6.91. The molecule has 0 heterocycles. The van der Waals surface area contributed by atoms with Crippen molar-refractivity contribution in [3.8, 4) is 0 Å². The van der Waals surface area contributed by atoms with Crippen molar-refractivity contribution in [3.63, 3.8) is 0 Å². The molecular weight excluding hydrogens is 212 g/mol. The number of nitrogens with one attached hydrogen (secondary N) is 2. The summed E-state index contributed by atoms with van der Waals surface area (Å²) >= 11 is 0. The SMILES string of the molecule is CCC(=O)NC(CCCC(=O)O)NC(C)=O.